The molecule has 1 aromatic carbocycles. The molecule has 16 heavy (non-hydrogen) atoms. The van der Waals surface area contributed by atoms with Gasteiger partial charge in [0.2, 0.25) is 0 Å². The van der Waals surface area contributed by atoms with Crippen molar-refractivity contribution in [2.45, 2.75) is 39.2 Å². The summed E-state index contributed by atoms with van der Waals surface area (Å²) in [5.41, 5.74) is 1.91. The van der Waals surface area contributed by atoms with Crippen molar-refractivity contribution in [2.24, 2.45) is 5.41 Å². The van der Waals surface area contributed by atoms with E-state index in [4.69, 9.17) is 11.6 Å². The summed E-state index contributed by atoms with van der Waals surface area (Å²) in [6.07, 6.45) is 3.87. The summed E-state index contributed by atoms with van der Waals surface area (Å²) in [6.45, 7) is 5.71. The van der Waals surface area contributed by atoms with Crippen LogP contribution in [-0.4, -0.2) is 6.54 Å². The van der Waals surface area contributed by atoms with Crippen LogP contribution in [0.5, 0.6) is 0 Å². The van der Waals surface area contributed by atoms with E-state index >= 15 is 0 Å². The number of rotatable bonds is 5. The maximum atomic E-state index is 5.90. The Labute approximate surface area is 103 Å². The van der Waals surface area contributed by atoms with Crippen LogP contribution in [0, 0.1) is 5.41 Å². The second-order valence-corrected chi connectivity index (χ2v) is 5.64. The Bertz CT molecular complexity index is 340. The van der Waals surface area contributed by atoms with E-state index in [2.05, 4.69) is 31.3 Å². The molecule has 0 aliphatic heterocycles. The first kappa shape index (κ1) is 11.9. The highest BCUT2D eigenvalue weighted by Gasteiger charge is 2.37. The zero-order valence-corrected chi connectivity index (χ0v) is 10.8. The van der Waals surface area contributed by atoms with Gasteiger partial charge in [0, 0.05) is 17.6 Å². The smallest absolute Gasteiger partial charge is 0.0406 e. The Morgan fingerprint density at radius 3 is 2.44 bits per heavy atom. The first-order chi connectivity index (χ1) is 7.63. The lowest BCUT2D eigenvalue weighted by Gasteiger charge is -2.20. The number of hydrogen-bond acceptors (Lipinski definition) is 1. The molecule has 0 bridgehead atoms. The van der Waals surface area contributed by atoms with Crippen LogP contribution < -0.4 is 5.32 Å². The minimum atomic E-state index is 0.467. The van der Waals surface area contributed by atoms with Crippen LogP contribution in [0.1, 0.15) is 44.7 Å². The van der Waals surface area contributed by atoms with Gasteiger partial charge in [0.15, 0.2) is 0 Å². The Kier molecular flexibility index (Phi) is 3.56. The van der Waals surface area contributed by atoms with Gasteiger partial charge in [-0.05, 0) is 42.4 Å². The molecule has 2 heteroatoms. The predicted octanol–water partition coefficient (Wildman–Crippen LogP) is 4.18. The van der Waals surface area contributed by atoms with Crippen molar-refractivity contribution in [3.8, 4) is 0 Å². The quantitative estimate of drug-likeness (QED) is 0.810. The number of hydrogen-bond donors (Lipinski definition) is 1. The van der Waals surface area contributed by atoms with E-state index in [1.807, 2.05) is 12.1 Å². The molecule has 0 heterocycles. The molecular weight excluding hydrogens is 218 g/mol. The molecule has 0 amide bonds. The van der Waals surface area contributed by atoms with E-state index in [-0.39, 0.29) is 0 Å². The number of benzene rings is 1. The van der Waals surface area contributed by atoms with Gasteiger partial charge in [-0.2, -0.15) is 0 Å². The van der Waals surface area contributed by atoms with Gasteiger partial charge >= 0.3 is 0 Å². The van der Waals surface area contributed by atoms with E-state index in [1.165, 1.54) is 18.4 Å². The van der Waals surface area contributed by atoms with Crippen molar-refractivity contribution < 1.29 is 0 Å². The van der Waals surface area contributed by atoms with E-state index < -0.39 is 0 Å². The molecule has 1 N–H and O–H groups in total. The molecule has 1 aliphatic rings. The Morgan fingerprint density at radius 2 is 1.94 bits per heavy atom. The van der Waals surface area contributed by atoms with Crippen molar-refractivity contribution in [1.29, 1.82) is 0 Å². The molecule has 1 unspecified atom stereocenters. The molecule has 1 nitrogen and oxygen atoms in total. The Morgan fingerprint density at radius 1 is 1.31 bits per heavy atom. The summed E-state index contributed by atoms with van der Waals surface area (Å²) in [5, 5.41) is 4.48. The van der Waals surface area contributed by atoms with Crippen molar-refractivity contribution >= 4 is 11.6 Å². The monoisotopic (exact) mass is 237 g/mol. The second kappa shape index (κ2) is 4.77. The first-order valence-corrected chi connectivity index (χ1v) is 6.50. The molecule has 1 fully saturated rings. The second-order valence-electron chi connectivity index (χ2n) is 5.20. The predicted molar refractivity (Wildman–Crippen MR) is 69.8 cm³/mol. The van der Waals surface area contributed by atoms with Gasteiger partial charge in [-0.25, -0.2) is 0 Å². The zero-order chi connectivity index (χ0) is 11.6. The van der Waals surface area contributed by atoms with Crippen LogP contribution in [0.15, 0.2) is 24.3 Å². The van der Waals surface area contributed by atoms with Crippen LogP contribution in [0.4, 0.5) is 0 Å². The maximum absolute atomic E-state index is 5.90. The van der Waals surface area contributed by atoms with Gasteiger partial charge in [-0.15, -0.1) is 0 Å². The van der Waals surface area contributed by atoms with Crippen LogP contribution in [0.25, 0.3) is 0 Å². The van der Waals surface area contributed by atoms with Crippen molar-refractivity contribution in [3.05, 3.63) is 34.9 Å². The largest absolute Gasteiger partial charge is 0.309 e. The molecule has 0 spiro atoms. The summed E-state index contributed by atoms with van der Waals surface area (Å²) in [7, 11) is 0. The third-order valence-corrected chi connectivity index (χ3v) is 3.81. The van der Waals surface area contributed by atoms with Crippen molar-refractivity contribution in [1.82, 2.24) is 5.32 Å². The minimum absolute atomic E-state index is 0.467. The zero-order valence-electron chi connectivity index (χ0n) is 10.1. The van der Waals surface area contributed by atoms with Crippen LogP contribution in [0.2, 0.25) is 5.02 Å². The lowest BCUT2D eigenvalue weighted by molar-refractivity contribution is 0.433. The molecule has 88 valence electrons. The summed E-state index contributed by atoms with van der Waals surface area (Å²) in [6, 6.07) is 8.66. The van der Waals surface area contributed by atoms with E-state index in [9.17, 15) is 0 Å². The SMILES string of the molecule is CCC(NCC1(C)CC1)c1ccc(Cl)cc1. The van der Waals surface area contributed by atoms with E-state index in [0.29, 0.717) is 11.5 Å². The van der Waals surface area contributed by atoms with Crippen LogP contribution in [0.3, 0.4) is 0 Å². The fourth-order valence-electron chi connectivity index (χ4n) is 1.95. The van der Waals surface area contributed by atoms with E-state index in [1.54, 1.807) is 0 Å². The molecule has 1 aromatic rings. The van der Waals surface area contributed by atoms with Crippen molar-refractivity contribution in [3.63, 3.8) is 0 Å². The molecule has 1 saturated carbocycles. The summed E-state index contributed by atoms with van der Waals surface area (Å²) < 4.78 is 0. The third-order valence-electron chi connectivity index (χ3n) is 3.56. The molecule has 1 atom stereocenters. The summed E-state index contributed by atoms with van der Waals surface area (Å²) in [4.78, 5) is 0. The fourth-order valence-corrected chi connectivity index (χ4v) is 2.08. The lowest BCUT2D eigenvalue weighted by atomic mass is 10.0. The average Bonchev–Trinajstić information content (AvgIpc) is 3.00. The fraction of sp³-hybridized carbons (Fsp3) is 0.571. The van der Waals surface area contributed by atoms with Crippen LogP contribution >= 0.6 is 11.6 Å². The number of halogens is 1. The highest BCUT2D eigenvalue weighted by molar-refractivity contribution is 6.30. The number of nitrogens with one attached hydrogen (secondary N) is 1. The van der Waals surface area contributed by atoms with Gasteiger partial charge < -0.3 is 5.32 Å². The Hall–Kier alpha value is -0.530. The highest BCUT2D eigenvalue weighted by Crippen LogP contribution is 2.44. The molecule has 0 saturated heterocycles. The van der Waals surface area contributed by atoms with Gasteiger partial charge in [-0.1, -0.05) is 37.6 Å². The standard InChI is InChI=1S/C14H20ClN/c1-3-13(16-10-14(2)8-9-14)11-4-6-12(15)7-5-11/h4-7,13,16H,3,8-10H2,1-2H3. The highest BCUT2D eigenvalue weighted by atomic mass is 35.5. The van der Waals surface area contributed by atoms with Crippen molar-refractivity contribution in [2.75, 3.05) is 6.54 Å². The van der Waals surface area contributed by atoms with Gasteiger partial charge in [0.05, 0.1) is 0 Å². The third kappa shape index (κ3) is 2.99. The minimum Gasteiger partial charge on any atom is -0.309 e. The van der Waals surface area contributed by atoms with Crippen LogP contribution in [-0.2, 0) is 0 Å². The van der Waals surface area contributed by atoms with Gasteiger partial charge in [-0.3, -0.25) is 0 Å². The normalized spacial score (nSPS) is 19.4. The topological polar surface area (TPSA) is 12.0 Å². The molecule has 2 rings (SSSR count). The lowest BCUT2D eigenvalue weighted by Crippen LogP contribution is -2.26. The summed E-state index contributed by atoms with van der Waals surface area (Å²) in [5.74, 6) is 0. The van der Waals surface area contributed by atoms with Gasteiger partial charge in [0.25, 0.3) is 0 Å². The molecule has 0 aromatic heterocycles. The molecule has 0 radical (unpaired) electrons. The van der Waals surface area contributed by atoms with E-state index in [0.717, 1.165) is 18.0 Å². The summed E-state index contributed by atoms with van der Waals surface area (Å²) >= 11 is 5.90. The maximum Gasteiger partial charge on any atom is 0.0406 e. The van der Waals surface area contributed by atoms with Gasteiger partial charge in [0.1, 0.15) is 0 Å². The molecular formula is C14H20ClN. The average molecular weight is 238 g/mol. The Balaban J connectivity index is 1.95. The molecule has 1 aliphatic carbocycles. The first-order valence-electron chi connectivity index (χ1n) is 6.12.